The summed E-state index contributed by atoms with van der Waals surface area (Å²) in [6.45, 7) is -0.135. The zero-order chi connectivity index (χ0) is 27.6. The second kappa shape index (κ2) is 11.4. The van der Waals surface area contributed by atoms with Crippen LogP contribution >= 0.6 is 34.8 Å². The topological polar surface area (TPSA) is 101 Å². The fraction of sp³-hybridized carbons (Fsp3) is 0.192. The minimum Gasteiger partial charge on any atom is -0.465 e. The number of halogens is 3. The summed E-state index contributed by atoms with van der Waals surface area (Å²) in [5.74, 6) is -1.90. The third-order valence-corrected chi connectivity index (χ3v) is 8.87. The molecule has 0 aromatic heterocycles. The number of imide groups is 1. The third kappa shape index (κ3) is 5.72. The molecule has 198 valence electrons. The lowest BCUT2D eigenvalue weighted by Crippen LogP contribution is -2.46. The van der Waals surface area contributed by atoms with Crippen LogP contribution in [-0.4, -0.2) is 50.2 Å². The van der Waals surface area contributed by atoms with E-state index < -0.39 is 33.8 Å². The van der Waals surface area contributed by atoms with E-state index in [2.05, 4.69) is 4.74 Å². The molecule has 1 unspecified atom stereocenters. The first-order chi connectivity index (χ1) is 18.0. The standard InChI is InChI=1S/C26H21Cl3N2O6S/c1-37-26(34)17-5-8-20(9-6-17)31-24(32)15-22(25(31)33)30(12-11-16-3-2-4-18(27)13-16)38(35,36)23-14-19(28)7-10-21(23)29/h2-10,13-14,22H,11-12,15H2,1H3. The predicted octanol–water partition coefficient (Wildman–Crippen LogP) is 5.00. The highest BCUT2D eigenvalue weighted by molar-refractivity contribution is 7.89. The number of nitrogens with zero attached hydrogens (tertiary/aromatic N) is 2. The Kier molecular flexibility index (Phi) is 8.44. The smallest absolute Gasteiger partial charge is 0.337 e. The molecule has 1 aliphatic rings. The Morgan fingerprint density at radius 2 is 1.68 bits per heavy atom. The average molecular weight is 596 g/mol. The van der Waals surface area contributed by atoms with Gasteiger partial charge in [0.15, 0.2) is 0 Å². The Labute approximate surface area is 234 Å². The summed E-state index contributed by atoms with van der Waals surface area (Å²) in [5.41, 5.74) is 1.17. The molecule has 0 bridgehead atoms. The number of hydrogen-bond acceptors (Lipinski definition) is 6. The van der Waals surface area contributed by atoms with Gasteiger partial charge in [0.25, 0.3) is 5.91 Å². The van der Waals surface area contributed by atoms with Crippen LogP contribution in [0.15, 0.2) is 71.6 Å². The summed E-state index contributed by atoms with van der Waals surface area (Å²) in [6, 6.07) is 15.2. The van der Waals surface area contributed by atoms with Crippen molar-refractivity contribution in [1.82, 2.24) is 4.31 Å². The molecule has 1 heterocycles. The highest BCUT2D eigenvalue weighted by Gasteiger charge is 2.47. The van der Waals surface area contributed by atoms with Crippen molar-refractivity contribution in [2.45, 2.75) is 23.8 Å². The SMILES string of the molecule is COC(=O)c1ccc(N2C(=O)CC(N(CCc3cccc(Cl)c3)S(=O)(=O)c3cc(Cl)ccc3Cl)C2=O)cc1. The van der Waals surface area contributed by atoms with Crippen LogP contribution in [0.1, 0.15) is 22.3 Å². The molecular weight excluding hydrogens is 575 g/mol. The van der Waals surface area contributed by atoms with Crippen molar-refractivity contribution in [2.24, 2.45) is 0 Å². The molecule has 38 heavy (non-hydrogen) atoms. The number of ether oxygens (including phenoxy) is 1. The first-order valence-electron chi connectivity index (χ1n) is 11.3. The first kappa shape index (κ1) is 28.1. The molecule has 1 saturated heterocycles. The number of benzene rings is 3. The third-order valence-electron chi connectivity index (χ3n) is 6.01. The molecular formula is C26H21Cl3N2O6S. The van der Waals surface area contributed by atoms with Crippen LogP contribution in [0.2, 0.25) is 15.1 Å². The van der Waals surface area contributed by atoms with E-state index in [1.54, 1.807) is 24.3 Å². The van der Waals surface area contributed by atoms with E-state index >= 15 is 0 Å². The van der Waals surface area contributed by atoms with E-state index in [-0.39, 0.29) is 45.6 Å². The Bertz CT molecular complexity index is 1510. The van der Waals surface area contributed by atoms with Gasteiger partial charge in [-0.15, -0.1) is 0 Å². The van der Waals surface area contributed by atoms with E-state index in [4.69, 9.17) is 34.8 Å². The number of amides is 2. The van der Waals surface area contributed by atoms with Gasteiger partial charge < -0.3 is 4.74 Å². The molecule has 0 N–H and O–H groups in total. The lowest BCUT2D eigenvalue weighted by atomic mass is 10.1. The Morgan fingerprint density at radius 3 is 2.34 bits per heavy atom. The van der Waals surface area contributed by atoms with Crippen LogP contribution in [0.5, 0.6) is 0 Å². The molecule has 0 aliphatic carbocycles. The number of carbonyl (C=O) groups excluding carboxylic acids is 3. The molecule has 4 rings (SSSR count). The average Bonchev–Trinajstić information content (AvgIpc) is 3.18. The quantitative estimate of drug-likeness (QED) is 0.268. The normalized spacial score (nSPS) is 15.8. The van der Waals surface area contributed by atoms with Crippen molar-refractivity contribution in [2.75, 3.05) is 18.6 Å². The van der Waals surface area contributed by atoms with Crippen LogP contribution in [0.4, 0.5) is 5.69 Å². The molecule has 0 spiro atoms. The maximum absolute atomic E-state index is 13.9. The van der Waals surface area contributed by atoms with E-state index in [1.807, 2.05) is 0 Å². The first-order valence-corrected chi connectivity index (χ1v) is 13.9. The van der Waals surface area contributed by atoms with Gasteiger partial charge in [-0.25, -0.2) is 18.1 Å². The highest BCUT2D eigenvalue weighted by Crippen LogP contribution is 2.33. The van der Waals surface area contributed by atoms with Crippen molar-refractivity contribution in [3.63, 3.8) is 0 Å². The van der Waals surface area contributed by atoms with Crippen LogP contribution in [-0.2, 0) is 30.8 Å². The number of anilines is 1. The van der Waals surface area contributed by atoms with Gasteiger partial charge >= 0.3 is 5.97 Å². The number of hydrogen-bond donors (Lipinski definition) is 0. The number of carbonyl (C=O) groups is 3. The summed E-state index contributed by atoms with van der Waals surface area (Å²) < 4.78 is 33.4. The van der Waals surface area contributed by atoms with Crippen molar-refractivity contribution >= 4 is 68.3 Å². The molecule has 2 amide bonds. The van der Waals surface area contributed by atoms with Crippen molar-refractivity contribution in [3.05, 3.63) is 92.9 Å². The fourth-order valence-corrected chi connectivity index (χ4v) is 6.69. The zero-order valence-electron chi connectivity index (χ0n) is 19.9. The second-order valence-electron chi connectivity index (χ2n) is 8.40. The zero-order valence-corrected chi connectivity index (χ0v) is 23.0. The van der Waals surface area contributed by atoms with Gasteiger partial charge in [0.2, 0.25) is 15.9 Å². The lowest BCUT2D eigenvalue weighted by molar-refractivity contribution is -0.122. The molecule has 12 heteroatoms. The van der Waals surface area contributed by atoms with Gasteiger partial charge in [-0.05, 0) is 66.6 Å². The molecule has 0 saturated carbocycles. The summed E-state index contributed by atoms with van der Waals surface area (Å²) in [7, 11) is -3.14. The molecule has 0 radical (unpaired) electrons. The molecule has 3 aromatic carbocycles. The van der Waals surface area contributed by atoms with E-state index in [1.165, 1.54) is 49.6 Å². The Balaban J connectivity index is 1.71. The van der Waals surface area contributed by atoms with Crippen LogP contribution < -0.4 is 4.90 Å². The second-order valence-corrected chi connectivity index (χ2v) is 11.5. The largest absolute Gasteiger partial charge is 0.465 e. The molecule has 1 aliphatic heterocycles. The monoisotopic (exact) mass is 594 g/mol. The Morgan fingerprint density at radius 1 is 1.00 bits per heavy atom. The van der Waals surface area contributed by atoms with Gasteiger partial charge in [-0.1, -0.05) is 46.9 Å². The maximum atomic E-state index is 13.9. The van der Waals surface area contributed by atoms with Gasteiger partial charge in [0.1, 0.15) is 10.9 Å². The molecule has 3 aromatic rings. The highest BCUT2D eigenvalue weighted by atomic mass is 35.5. The fourth-order valence-electron chi connectivity index (χ4n) is 4.15. The minimum atomic E-state index is -4.38. The van der Waals surface area contributed by atoms with Gasteiger partial charge in [-0.3, -0.25) is 9.59 Å². The summed E-state index contributed by atoms with van der Waals surface area (Å²) in [5, 5.41) is 0.543. The van der Waals surface area contributed by atoms with Gasteiger partial charge in [0.05, 0.1) is 29.8 Å². The van der Waals surface area contributed by atoms with Crippen LogP contribution in [0.25, 0.3) is 0 Å². The molecule has 1 atom stereocenters. The van der Waals surface area contributed by atoms with Crippen molar-refractivity contribution in [3.8, 4) is 0 Å². The summed E-state index contributed by atoms with van der Waals surface area (Å²) >= 11 is 18.4. The lowest BCUT2D eigenvalue weighted by Gasteiger charge is -2.27. The van der Waals surface area contributed by atoms with Crippen LogP contribution in [0, 0.1) is 0 Å². The minimum absolute atomic E-state index is 0.0748. The Hall–Kier alpha value is -2.95. The van der Waals surface area contributed by atoms with Gasteiger partial charge in [-0.2, -0.15) is 4.31 Å². The van der Waals surface area contributed by atoms with Crippen molar-refractivity contribution < 1.29 is 27.5 Å². The predicted molar refractivity (Wildman–Crippen MR) is 144 cm³/mol. The van der Waals surface area contributed by atoms with Crippen LogP contribution in [0.3, 0.4) is 0 Å². The number of esters is 1. The van der Waals surface area contributed by atoms with E-state index in [9.17, 15) is 22.8 Å². The molecule has 1 fully saturated rings. The summed E-state index contributed by atoms with van der Waals surface area (Å²) in [4.78, 5) is 38.9. The number of sulfonamides is 1. The van der Waals surface area contributed by atoms with E-state index in [0.717, 1.165) is 14.8 Å². The number of rotatable bonds is 8. The van der Waals surface area contributed by atoms with Gasteiger partial charge in [0, 0.05) is 16.6 Å². The summed E-state index contributed by atoms with van der Waals surface area (Å²) in [6.07, 6.45) is -0.172. The molecule has 8 nitrogen and oxygen atoms in total. The maximum Gasteiger partial charge on any atom is 0.337 e. The van der Waals surface area contributed by atoms with E-state index in [0.29, 0.717) is 5.02 Å². The number of methoxy groups -OCH3 is 1. The van der Waals surface area contributed by atoms with Crippen molar-refractivity contribution in [1.29, 1.82) is 0 Å².